The van der Waals surface area contributed by atoms with Crippen molar-refractivity contribution in [2.45, 2.75) is 13.1 Å². The molecular weight excluding hydrogens is 412 g/mol. The van der Waals surface area contributed by atoms with Crippen LogP contribution in [0.4, 0.5) is 5.82 Å². The summed E-state index contributed by atoms with van der Waals surface area (Å²) in [5.41, 5.74) is 2.10. The van der Waals surface area contributed by atoms with Crippen LogP contribution in [-0.4, -0.2) is 26.9 Å². The van der Waals surface area contributed by atoms with Crippen molar-refractivity contribution in [3.8, 4) is 11.5 Å². The number of amides is 2. The van der Waals surface area contributed by atoms with Crippen molar-refractivity contribution >= 4 is 29.0 Å². The third-order valence-electron chi connectivity index (χ3n) is 5.00. The van der Waals surface area contributed by atoms with Gasteiger partial charge in [-0.25, -0.2) is 0 Å². The van der Waals surface area contributed by atoms with Gasteiger partial charge in [-0.2, -0.15) is 5.10 Å². The zero-order valence-electron chi connectivity index (χ0n) is 16.4. The number of H-pyrrole nitrogens is 1. The Bertz CT molecular complexity index is 1220. The van der Waals surface area contributed by atoms with E-state index in [1.807, 2.05) is 47.8 Å². The third kappa shape index (κ3) is 3.93. The van der Waals surface area contributed by atoms with Crippen molar-refractivity contribution in [2.24, 2.45) is 0 Å². The van der Waals surface area contributed by atoms with E-state index in [1.165, 1.54) is 11.3 Å². The van der Waals surface area contributed by atoms with E-state index in [9.17, 15) is 9.59 Å². The Morgan fingerprint density at radius 2 is 1.74 bits per heavy atom. The average Bonchev–Trinajstić information content (AvgIpc) is 3.54. The van der Waals surface area contributed by atoms with Gasteiger partial charge in [0.25, 0.3) is 11.8 Å². The van der Waals surface area contributed by atoms with Crippen molar-refractivity contribution in [2.75, 3.05) is 5.32 Å². The number of aromatic amines is 1. The number of benzene rings is 2. The zero-order valence-corrected chi connectivity index (χ0v) is 17.2. The summed E-state index contributed by atoms with van der Waals surface area (Å²) in [5, 5.41) is 11.9. The molecule has 31 heavy (non-hydrogen) atoms. The van der Waals surface area contributed by atoms with Crippen molar-refractivity contribution in [1.82, 2.24) is 15.1 Å². The van der Waals surface area contributed by atoms with Crippen LogP contribution in [0.3, 0.4) is 0 Å². The number of anilines is 1. The first-order valence-corrected chi connectivity index (χ1v) is 10.6. The molecule has 0 spiro atoms. The average molecular weight is 430 g/mol. The van der Waals surface area contributed by atoms with Gasteiger partial charge in [-0.3, -0.25) is 14.7 Å². The fourth-order valence-corrected chi connectivity index (χ4v) is 4.11. The van der Waals surface area contributed by atoms with Gasteiger partial charge in [0.1, 0.15) is 17.3 Å². The number of nitrogens with zero attached hydrogens (tertiary/aromatic N) is 2. The topological polar surface area (TPSA) is 87.3 Å². The van der Waals surface area contributed by atoms with Crippen LogP contribution in [0.5, 0.6) is 11.5 Å². The molecule has 2 amide bonds. The Hall–Kier alpha value is -3.91. The highest BCUT2D eigenvalue weighted by Crippen LogP contribution is 2.29. The van der Waals surface area contributed by atoms with E-state index in [0.29, 0.717) is 35.1 Å². The molecule has 5 rings (SSSR count). The summed E-state index contributed by atoms with van der Waals surface area (Å²) < 4.78 is 5.76. The first-order valence-electron chi connectivity index (χ1n) is 9.70. The lowest BCUT2D eigenvalue weighted by atomic mass is 10.2. The molecule has 1 aliphatic heterocycles. The van der Waals surface area contributed by atoms with E-state index >= 15 is 0 Å². The second kappa shape index (κ2) is 8.08. The van der Waals surface area contributed by atoms with Gasteiger partial charge in [0.2, 0.25) is 0 Å². The van der Waals surface area contributed by atoms with Crippen LogP contribution in [0.1, 0.15) is 31.3 Å². The molecule has 1 aliphatic rings. The van der Waals surface area contributed by atoms with E-state index in [2.05, 4.69) is 15.5 Å². The Labute approximate surface area is 182 Å². The molecule has 0 bridgehead atoms. The summed E-state index contributed by atoms with van der Waals surface area (Å²) in [4.78, 5) is 27.7. The summed E-state index contributed by atoms with van der Waals surface area (Å²) in [6.45, 7) is 0.825. The lowest BCUT2D eigenvalue weighted by molar-refractivity contribution is 0.0754. The number of rotatable bonds is 5. The number of carbonyl (C=O) groups excluding carboxylic acids is 2. The van der Waals surface area contributed by atoms with Gasteiger partial charge < -0.3 is 15.0 Å². The van der Waals surface area contributed by atoms with Crippen molar-refractivity contribution in [3.05, 3.63) is 93.8 Å². The van der Waals surface area contributed by atoms with E-state index in [0.717, 1.165) is 17.0 Å². The molecule has 8 heteroatoms. The highest BCUT2D eigenvalue weighted by molar-refractivity contribution is 7.12. The van der Waals surface area contributed by atoms with Crippen LogP contribution in [0, 0.1) is 0 Å². The Morgan fingerprint density at radius 1 is 0.968 bits per heavy atom. The summed E-state index contributed by atoms with van der Waals surface area (Å²) >= 11 is 1.41. The molecule has 2 aromatic carbocycles. The molecular formula is C23H18N4O3S. The highest BCUT2D eigenvalue weighted by atomic mass is 32.1. The van der Waals surface area contributed by atoms with E-state index in [1.54, 1.807) is 29.2 Å². The van der Waals surface area contributed by atoms with Crippen LogP contribution in [0.15, 0.2) is 72.1 Å². The molecule has 0 radical (unpaired) electrons. The fourth-order valence-electron chi connectivity index (χ4n) is 3.42. The molecule has 0 saturated heterocycles. The molecule has 0 aliphatic carbocycles. The van der Waals surface area contributed by atoms with Gasteiger partial charge in [0.05, 0.1) is 23.7 Å². The molecule has 0 atom stereocenters. The summed E-state index contributed by atoms with van der Waals surface area (Å²) in [7, 11) is 0. The Kier molecular flexibility index (Phi) is 4.97. The number of hydrogen-bond donors (Lipinski definition) is 2. The zero-order chi connectivity index (χ0) is 21.2. The van der Waals surface area contributed by atoms with Crippen LogP contribution >= 0.6 is 11.3 Å². The second-order valence-corrected chi connectivity index (χ2v) is 8.00. The monoisotopic (exact) mass is 430 g/mol. The Morgan fingerprint density at radius 3 is 2.48 bits per heavy atom. The minimum atomic E-state index is -0.263. The maximum absolute atomic E-state index is 12.7. The van der Waals surface area contributed by atoms with Crippen LogP contribution in [0.25, 0.3) is 0 Å². The van der Waals surface area contributed by atoms with Crippen molar-refractivity contribution in [3.63, 3.8) is 0 Å². The predicted octanol–water partition coefficient (Wildman–Crippen LogP) is 4.67. The SMILES string of the molecule is O=C(Nc1[nH]nc2c1CN(C(=O)c1cccs1)C2)c1ccc(Oc2ccccc2)cc1. The largest absolute Gasteiger partial charge is 0.457 e. The first-order chi connectivity index (χ1) is 15.2. The van der Waals surface area contributed by atoms with Gasteiger partial charge in [0.15, 0.2) is 0 Å². The minimum Gasteiger partial charge on any atom is -0.457 e. The fraction of sp³-hybridized carbons (Fsp3) is 0.0870. The lowest BCUT2D eigenvalue weighted by Crippen LogP contribution is -2.25. The number of fused-ring (bicyclic) bond motifs is 1. The molecule has 0 unspecified atom stereocenters. The molecule has 2 N–H and O–H groups in total. The number of hydrogen-bond acceptors (Lipinski definition) is 5. The molecule has 0 fully saturated rings. The summed E-state index contributed by atoms with van der Waals surface area (Å²) in [6.07, 6.45) is 0. The number of thiophene rings is 1. The second-order valence-electron chi connectivity index (χ2n) is 7.06. The number of para-hydroxylation sites is 1. The van der Waals surface area contributed by atoms with Gasteiger partial charge in [-0.1, -0.05) is 24.3 Å². The van der Waals surface area contributed by atoms with Gasteiger partial charge >= 0.3 is 0 Å². The first kappa shape index (κ1) is 19.1. The van der Waals surface area contributed by atoms with Crippen LogP contribution < -0.4 is 10.1 Å². The molecule has 7 nitrogen and oxygen atoms in total. The highest BCUT2D eigenvalue weighted by Gasteiger charge is 2.30. The van der Waals surface area contributed by atoms with Crippen molar-refractivity contribution < 1.29 is 14.3 Å². The van der Waals surface area contributed by atoms with Gasteiger partial charge in [0, 0.05) is 11.1 Å². The summed E-state index contributed by atoms with van der Waals surface area (Å²) in [6, 6.07) is 20.0. The number of ether oxygens (including phenoxy) is 1. The van der Waals surface area contributed by atoms with E-state index in [-0.39, 0.29) is 11.8 Å². The predicted molar refractivity (Wildman–Crippen MR) is 117 cm³/mol. The van der Waals surface area contributed by atoms with Gasteiger partial charge in [-0.15, -0.1) is 11.3 Å². The normalized spacial score (nSPS) is 12.5. The standard InChI is InChI=1S/C23H18N4O3S/c28-22(15-8-10-17(11-9-15)30-16-5-2-1-3-6-16)24-21-18-13-27(14-19(18)25-26-21)23(29)20-7-4-12-31-20/h1-12H,13-14H2,(H2,24,25,26,28). The third-order valence-corrected chi connectivity index (χ3v) is 5.85. The molecule has 2 aromatic heterocycles. The molecule has 3 heterocycles. The smallest absolute Gasteiger partial charge is 0.264 e. The number of nitrogens with one attached hydrogen (secondary N) is 2. The number of aromatic nitrogens is 2. The Balaban J connectivity index is 1.25. The quantitative estimate of drug-likeness (QED) is 0.482. The van der Waals surface area contributed by atoms with E-state index in [4.69, 9.17) is 4.74 Å². The molecule has 0 saturated carbocycles. The van der Waals surface area contributed by atoms with Crippen LogP contribution in [0.2, 0.25) is 0 Å². The maximum atomic E-state index is 12.7. The van der Waals surface area contributed by atoms with E-state index < -0.39 is 0 Å². The lowest BCUT2D eigenvalue weighted by Gasteiger charge is -2.14. The molecule has 154 valence electrons. The van der Waals surface area contributed by atoms with Crippen LogP contribution in [-0.2, 0) is 13.1 Å². The molecule has 4 aromatic rings. The maximum Gasteiger partial charge on any atom is 0.264 e. The number of carbonyl (C=O) groups is 2. The summed E-state index contributed by atoms with van der Waals surface area (Å²) in [5.74, 6) is 1.61. The van der Waals surface area contributed by atoms with Gasteiger partial charge in [-0.05, 0) is 47.8 Å². The minimum absolute atomic E-state index is 0.0284. The van der Waals surface area contributed by atoms with Crippen molar-refractivity contribution in [1.29, 1.82) is 0 Å².